The molecule has 0 fully saturated rings. The van der Waals surface area contributed by atoms with Crippen LogP contribution in [0.1, 0.15) is 17.5 Å². The molecule has 1 aliphatic rings. The van der Waals surface area contributed by atoms with Crippen LogP contribution in [0.4, 0.5) is 5.82 Å². The lowest BCUT2D eigenvalue weighted by Crippen LogP contribution is -2.35. The fourth-order valence-corrected chi connectivity index (χ4v) is 2.37. The number of fused-ring (bicyclic) bond motifs is 1. The Morgan fingerprint density at radius 2 is 2.41 bits per heavy atom. The number of aromatic nitrogens is 1. The van der Waals surface area contributed by atoms with E-state index >= 15 is 0 Å². The largest absolute Gasteiger partial charge is 0.380 e. The predicted molar refractivity (Wildman–Crippen MR) is 69.4 cm³/mol. The van der Waals surface area contributed by atoms with E-state index in [0.29, 0.717) is 6.61 Å². The lowest BCUT2D eigenvalue weighted by atomic mass is 10.0. The SMILES string of the molecule is CNCCN1CCCc2c(COC)ccnc21. The Balaban J connectivity index is 2.22. The minimum absolute atomic E-state index is 0.685. The van der Waals surface area contributed by atoms with Crippen LogP contribution >= 0.6 is 0 Å². The maximum atomic E-state index is 5.25. The molecule has 2 heterocycles. The van der Waals surface area contributed by atoms with Crippen LogP contribution in [-0.2, 0) is 17.8 Å². The summed E-state index contributed by atoms with van der Waals surface area (Å²) >= 11 is 0. The van der Waals surface area contributed by atoms with Crippen molar-refractivity contribution in [3.63, 3.8) is 0 Å². The van der Waals surface area contributed by atoms with Gasteiger partial charge in [-0.15, -0.1) is 0 Å². The first-order valence-electron chi connectivity index (χ1n) is 6.22. The summed E-state index contributed by atoms with van der Waals surface area (Å²) in [6.45, 7) is 3.81. The van der Waals surface area contributed by atoms with Gasteiger partial charge in [-0.2, -0.15) is 0 Å². The third-order valence-corrected chi connectivity index (χ3v) is 3.22. The van der Waals surface area contributed by atoms with E-state index in [4.69, 9.17) is 4.74 Å². The van der Waals surface area contributed by atoms with E-state index in [1.54, 1.807) is 7.11 Å². The van der Waals surface area contributed by atoms with Crippen LogP contribution in [0.2, 0.25) is 0 Å². The molecule has 1 N–H and O–H groups in total. The summed E-state index contributed by atoms with van der Waals surface area (Å²) in [6, 6.07) is 2.07. The van der Waals surface area contributed by atoms with Crippen molar-refractivity contribution >= 4 is 5.82 Å². The van der Waals surface area contributed by atoms with Crippen molar-refractivity contribution in [2.24, 2.45) is 0 Å². The number of hydrogen-bond donors (Lipinski definition) is 1. The maximum absolute atomic E-state index is 5.25. The van der Waals surface area contributed by atoms with Gasteiger partial charge in [-0.05, 0) is 31.5 Å². The van der Waals surface area contributed by atoms with E-state index in [2.05, 4.69) is 21.3 Å². The van der Waals surface area contributed by atoms with E-state index in [-0.39, 0.29) is 0 Å². The molecule has 0 bridgehead atoms. The van der Waals surface area contributed by atoms with E-state index in [1.807, 2.05) is 13.2 Å². The molecule has 17 heavy (non-hydrogen) atoms. The summed E-state index contributed by atoms with van der Waals surface area (Å²) in [5.74, 6) is 1.15. The molecular weight excluding hydrogens is 214 g/mol. The van der Waals surface area contributed by atoms with Crippen molar-refractivity contribution in [2.75, 3.05) is 38.7 Å². The van der Waals surface area contributed by atoms with Crippen molar-refractivity contribution in [1.29, 1.82) is 0 Å². The lowest BCUT2D eigenvalue weighted by Gasteiger charge is -2.31. The molecule has 1 aromatic rings. The Bertz CT molecular complexity index is 368. The Kier molecular flexibility index (Phi) is 4.34. The fourth-order valence-electron chi connectivity index (χ4n) is 2.37. The lowest BCUT2D eigenvalue weighted by molar-refractivity contribution is 0.184. The average molecular weight is 235 g/mol. The van der Waals surface area contributed by atoms with Crippen LogP contribution in [0.5, 0.6) is 0 Å². The van der Waals surface area contributed by atoms with Crippen molar-refractivity contribution in [3.8, 4) is 0 Å². The number of nitrogens with one attached hydrogen (secondary N) is 1. The first-order valence-corrected chi connectivity index (χ1v) is 6.22. The number of ether oxygens (including phenoxy) is 1. The first kappa shape index (κ1) is 12.3. The molecule has 0 unspecified atom stereocenters. The van der Waals surface area contributed by atoms with Crippen molar-refractivity contribution in [3.05, 3.63) is 23.4 Å². The number of hydrogen-bond acceptors (Lipinski definition) is 4. The zero-order chi connectivity index (χ0) is 12.1. The minimum Gasteiger partial charge on any atom is -0.380 e. The van der Waals surface area contributed by atoms with Crippen LogP contribution in [0.3, 0.4) is 0 Å². The van der Waals surface area contributed by atoms with Crippen LogP contribution in [0, 0.1) is 0 Å². The molecule has 4 nitrogen and oxygen atoms in total. The smallest absolute Gasteiger partial charge is 0.132 e. The van der Waals surface area contributed by atoms with Crippen LogP contribution in [0.25, 0.3) is 0 Å². The predicted octanol–water partition coefficient (Wildman–Crippen LogP) is 1.20. The second-order valence-corrected chi connectivity index (χ2v) is 4.40. The molecule has 1 aliphatic heterocycles. The highest BCUT2D eigenvalue weighted by Gasteiger charge is 2.19. The molecule has 0 aromatic carbocycles. The van der Waals surface area contributed by atoms with Gasteiger partial charge in [0, 0.05) is 38.5 Å². The van der Waals surface area contributed by atoms with Crippen LogP contribution in [-0.4, -0.2) is 38.8 Å². The Morgan fingerprint density at radius 1 is 1.53 bits per heavy atom. The standard InChI is InChI=1S/C13H21N3O/c1-14-7-9-16-8-3-4-12-11(10-17-2)5-6-15-13(12)16/h5-6,14H,3-4,7-10H2,1-2H3. The Morgan fingerprint density at radius 3 is 3.18 bits per heavy atom. The van der Waals surface area contributed by atoms with Gasteiger partial charge in [-0.3, -0.25) is 0 Å². The van der Waals surface area contributed by atoms with Gasteiger partial charge < -0.3 is 15.0 Å². The second-order valence-electron chi connectivity index (χ2n) is 4.40. The van der Waals surface area contributed by atoms with E-state index < -0.39 is 0 Å². The molecule has 4 heteroatoms. The van der Waals surface area contributed by atoms with Gasteiger partial charge in [-0.25, -0.2) is 4.98 Å². The van der Waals surface area contributed by atoms with Crippen molar-refractivity contribution < 1.29 is 4.74 Å². The highest BCUT2D eigenvalue weighted by atomic mass is 16.5. The molecule has 0 saturated heterocycles. The highest BCUT2D eigenvalue weighted by Crippen LogP contribution is 2.27. The first-order chi connectivity index (χ1) is 8.36. The minimum atomic E-state index is 0.685. The van der Waals surface area contributed by atoms with Gasteiger partial charge in [0.15, 0.2) is 0 Å². The normalized spacial score (nSPS) is 14.8. The molecular formula is C13H21N3O. The van der Waals surface area contributed by atoms with Gasteiger partial charge in [0.05, 0.1) is 6.61 Å². The number of nitrogens with zero attached hydrogens (tertiary/aromatic N) is 2. The van der Waals surface area contributed by atoms with Crippen LogP contribution in [0.15, 0.2) is 12.3 Å². The molecule has 1 aromatic heterocycles. The van der Waals surface area contributed by atoms with Gasteiger partial charge in [-0.1, -0.05) is 0 Å². The topological polar surface area (TPSA) is 37.4 Å². The zero-order valence-electron chi connectivity index (χ0n) is 10.7. The van der Waals surface area contributed by atoms with E-state index in [1.165, 1.54) is 17.5 Å². The van der Waals surface area contributed by atoms with Crippen molar-refractivity contribution in [2.45, 2.75) is 19.4 Å². The number of pyridine rings is 1. The second kappa shape index (κ2) is 5.98. The van der Waals surface area contributed by atoms with E-state index in [9.17, 15) is 0 Å². The summed E-state index contributed by atoms with van der Waals surface area (Å²) in [4.78, 5) is 6.91. The maximum Gasteiger partial charge on any atom is 0.132 e. The molecule has 0 amide bonds. The average Bonchev–Trinajstić information content (AvgIpc) is 2.37. The molecule has 0 saturated carbocycles. The molecule has 0 spiro atoms. The third-order valence-electron chi connectivity index (χ3n) is 3.22. The number of methoxy groups -OCH3 is 1. The molecule has 94 valence electrons. The number of anilines is 1. The summed E-state index contributed by atoms with van der Waals surface area (Å²) in [7, 11) is 3.73. The van der Waals surface area contributed by atoms with Gasteiger partial charge in [0.1, 0.15) is 5.82 Å². The number of likely N-dealkylation sites (N-methyl/N-ethyl adjacent to an activating group) is 1. The highest BCUT2D eigenvalue weighted by molar-refractivity contribution is 5.52. The van der Waals surface area contributed by atoms with Gasteiger partial charge >= 0.3 is 0 Å². The summed E-state index contributed by atoms with van der Waals surface area (Å²) in [5, 5.41) is 3.19. The summed E-state index contributed by atoms with van der Waals surface area (Å²) < 4.78 is 5.25. The fraction of sp³-hybridized carbons (Fsp3) is 0.615. The number of rotatable bonds is 5. The third kappa shape index (κ3) is 2.76. The molecule has 2 rings (SSSR count). The zero-order valence-corrected chi connectivity index (χ0v) is 10.7. The molecule has 0 radical (unpaired) electrons. The summed E-state index contributed by atoms with van der Waals surface area (Å²) in [5.41, 5.74) is 2.66. The Hall–Kier alpha value is -1.13. The monoisotopic (exact) mass is 235 g/mol. The van der Waals surface area contributed by atoms with Crippen LogP contribution < -0.4 is 10.2 Å². The Labute approximate surface area is 103 Å². The molecule has 0 atom stereocenters. The van der Waals surface area contributed by atoms with Gasteiger partial charge in [0.2, 0.25) is 0 Å². The molecule has 0 aliphatic carbocycles. The summed E-state index contributed by atoms with van der Waals surface area (Å²) in [6.07, 6.45) is 4.22. The quantitative estimate of drug-likeness (QED) is 0.832. The van der Waals surface area contributed by atoms with Crippen molar-refractivity contribution in [1.82, 2.24) is 10.3 Å². The van der Waals surface area contributed by atoms with Gasteiger partial charge in [0.25, 0.3) is 0 Å². The van der Waals surface area contributed by atoms with E-state index in [0.717, 1.165) is 31.9 Å².